The summed E-state index contributed by atoms with van der Waals surface area (Å²) in [4.78, 5) is 3.34. The monoisotopic (exact) mass is 253 g/mol. The third-order valence-electron chi connectivity index (χ3n) is 2.09. The summed E-state index contributed by atoms with van der Waals surface area (Å²) in [6.45, 7) is 13.0. The molecule has 4 nitrogen and oxygen atoms in total. The predicted octanol–water partition coefficient (Wildman–Crippen LogP) is 3.44. The van der Waals surface area contributed by atoms with Gasteiger partial charge in [-0.25, -0.2) is 4.85 Å². The van der Waals surface area contributed by atoms with Crippen molar-refractivity contribution in [1.29, 1.82) is 0 Å². The van der Waals surface area contributed by atoms with Crippen molar-refractivity contribution >= 4 is 18.6 Å². The molecule has 0 radical (unpaired) electrons. The summed E-state index contributed by atoms with van der Waals surface area (Å²) in [6, 6.07) is 5.03. The van der Waals surface area contributed by atoms with Crippen LogP contribution in [0.2, 0.25) is 0 Å². The van der Waals surface area contributed by atoms with Gasteiger partial charge in [-0.1, -0.05) is 11.6 Å². The quantitative estimate of drug-likeness (QED) is 0.596. The zero-order chi connectivity index (χ0) is 12.9. The summed E-state index contributed by atoms with van der Waals surface area (Å²) in [5.74, 6) is 0. The van der Waals surface area contributed by atoms with Gasteiger partial charge in [0.25, 0.3) is 0 Å². The SMILES string of the molecule is [C-]#[N+]c1cc(C)cc(P(=O)(OCC)OCC)c1. The largest absolute Gasteiger partial charge is 0.360 e. The molecule has 1 rings (SSSR count). The molecule has 0 bridgehead atoms. The number of rotatable bonds is 5. The smallest absolute Gasteiger partial charge is 0.306 e. The lowest BCUT2D eigenvalue weighted by molar-refractivity contribution is 0.230. The Labute approximate surface area is 102 Å². The van der Waals surface area contributed by atoms with E-state index in [-0.39, 0.29) is 0 Å². The maximum absolute atomic E-state index is 12.5. The van der Waals surface area contributed by atoms with Crippen molar-refractivity contribution in [3.8, 4) is 0 Å². The fraction of sp³-hybridized carbons (Fsp3) is 0.417. The number of hydrogen-bond donors (Lipinski definition) is 0. The molecule has 5 heteroatoms. The molecule has 0 saturated carbocycles. The number of benzene rings is 1. The van der Waals surface area contributed by atoms with E-state index in [1.54, 1.807) is 32.0 Å². The molecule has 0 atom stereocenters. The summed E-state index contributed by atoms with van der Waals surface area (Å²) in [7, 11) is -3.28. The normalized spacial score (nSPS) is 11.2. The lowest BCUT2D eigenvalue weighted by Crippen LogP contribution is -2.10. The number of aryl methyl sites for hydroxylation is 1. The fourth-order valence-corrected chi connectivity index (χ4v) is 3.20. The molecule has 1 aromatic carbocycles. The van der Waals surface area contributed by atoms with Crippen LogP contribution in [0, 0.1) is 13.5 Å². The van der Waals surface area contributed by atoms with Crippen LogP contribution >= 0.6 is 7.60 Å². The van der Waals surface area contributed by atoms with Gasteiger partial charge in [0.2, 0.25) is 0 Å². The molecule has 0 spiro atoms. The van der Waals surface area contributed by atoms with Crippen LogP contribution in [0.4, 0.5) is 5.69 Å². The van der Waals surface area contributed by atoms with Gasteiger partial charge in [0.05, 0.1) is 25.1 Å². The van der Waals surface area contributed by atoms with Gasteiger partial charge in [0, 0.05) is 0 Å². The van der Waals surface area contributed by atoms with Gasteiger partial charge in [0.15, 0.2) is 5.69 Å². The maximum Gasteiger partial charge on any atom is 0.360 e. The Hall–Kier alpha value is -1.14. The highest BCUT2D eigenvalue weighted by atomic mass is 31.2. The summed E-state index contributed by atoms with van der Waals surface area (Å²) < 4.78 is 23.0. The van der Waals surface area contributed by atoms with Crippen molar-refractivity contribution in [2.75, 3.05) is 13.2 Å². The van der Waals surface area contributed by atoms with Crippen LogP contribution in [0.5, 0.6) is 0 Å². The molecule has 0 saturated heterocycles. The van der Waals surface area contributed by atoms with Crippen molar-refractivity contribution in [3.63, 3.8) is 0 Å². The van der Waals surface area contributed by atoms with E-state index in [9.17, 15) is 4.57 Å². The first-order valence-electron chi connectivity index (χ1n) is 5.44. The van der Waals surface area contributed by atoms with Crippen molar-refractivity contribution in [2.45, 2.75) is 20.8 Å². The highest BCUT2D eigenvalue weighted by Gasteiger charge is 2.26. The van der Waals surface area contributed by atoms with E-state index in [1.165, 1.54) is 0 Å². The number of nitrogens with zero attached hydrogens (tertiary/aromatic N) is 1. The molecule has 0 fully saturated rings. The second kappa shape index (κ2) is 5.97. The molecule has 0 N–H and O–H groups in total. The minimum absolute atomic E-state index is 0.304. The molecule has 17 heavy (non-hydrogen) atoms. The molecular weight excluding hydrogens is 237 g/mol. The van der Waals surface area contributed by atoms with E-state index in [4.69, 9.17) is 15.6 Å². The molecule has 1 aromatic rings. The molecule has 0 unspecified atom stereocenters. The first-order valence-corrected chi connectivity index (χ1v) is 6.98. The Morgan fingerprint density at radius 1 is 1.24 bits per heavy atom. The predicted molar refractivity (Wildman–Crippen MR) is 67.9 cm³/mol. The minimum Gasteiger partial charge on any atom is -0.306 e. The second-order valence-corrected chi connectivity index (χ2v) is 5.50. The third kappa shape index (κ3) is 3.41. The van der Waals surface area contributed by atoms with Gasteiger partial charge in [0.1, 0.15) is 0 Å². The van der Waals surface area contributed by atoms with Crippen molar-refractivity contribution in [2.24, 2.45) is 0 Å². The molecule has 0 heterocycles. The molecule has 0 aliphatic rings. The average Bonchev–Trinajstić information content (AvgIpc) is 2.28. The van der Waals surface area contributed by atoms with Gasteiger partial charge in [-0.15, -0.1) is 0 Å². The van der Waals surface area contributed by atoms with Gasteiger partial charge in [-0.3, -0.25) is 4.57 Å². The van der Waals surface area contributed by atoms with E-state index in [2.05, 4.69) is 4.85 Å². The molecule has 0 amide bonds. The zero-order valence-electron chi connectivity index (χ0n) is 10.3. The first kappa shape index (κ1) is 13.9. The Bertz CT molecular complexity index is 469. The van der Waals surface area contributed by atoms with Crippen LogP contribution in [0.1, 0.15) is 19.4 Å². The van der Waals surface area contributed by atoms with Crippen LogP contribution in [0.15, 0.2) is 18.2 Å². The van der Waals surface area contributed by atoms with Gasteiger partial charge in [-0.2, -0.15) is 0 Å². The zero-order valence-corrected chi connectivity index (χ0v) is 11.2. The lowest BCUT2D eigenvalue weighted by Gasteiger charge is -2.17. The Kier molecular flexibility index (Phi) is 4.89. The standard InChI is InChI=1S/C12H16NO3P/c1-5-15-17(14,16-6-2)12-8-10(3)7-11(9-12)13-4/h7-9H,5-6H2,1-3H3. The highest BCUT2D eigenvalue weighted by molar-refractivity contribution is 7.62. The third-order valence-corrected chi connectivity index (χ3v) is 4.18. The minimum atomic E-state index is -3.28. The van der Waals surface area contributed by atoms with E-state index < -0.39 is 7.60 Å². The van der Waals surface area contributed by atoms with Crippen molar-refractivity contribution in [1.82, 2.24) is 0 Å². The van der Waals surface area contributed by atoms with Crippen LogP contribution in [0.3, 0.4) is 0 Å². The van der Waals surface area contributed by atoms with Gasteiger partial charge < -0.3 is 9.05 Å². The average molecular weight is 253 g/mol. The lowest BCUT2D eigenvalue weighted by atomic mass is 10.2. The second-order valence-electron chi connectivity index (χ2n) is 3.47. The van der Waals surface area contributed by atoms with Crippen molar-refractivity contribution in [3.05, 3.63) is 35.2 Å². The Balaban J connectivity index is 3.24. The van der Waals surface area contributed by atoms with E-state index >= 15 is 0 Å². The van der Waals surface area contributed by atoms with E-state index in [0.717, 1.165) is 5.56 Å². The molecule has 0 aliphatic carbocycles. The maximum atomic E-state index is 12.5. The molecule has 0 aromatic heterocycles. The fourth-order valence-electron chi connectivity index (χ4n) is 1.49. The molecule has 92 valence electrons. The van der Waals surface area contributed by atoms with Crippen LogP contribution in [-0.2, 0) is 13.6 Å². The summed E-state index contributed by atoms with van der Waals surface area (Å²) in [5.41, 5.74) is 1.31. The number of hydrogen-bond acceptors (Lipinski definition) is 3. The van der Waals surface area contributed by atoms with Crippen LogP contribution in [-0.4, -0.2) is 13.2 Å². The molecule has 0 aliphatic heterocycles. The first-order chi connectivity index (χ1) is 8.05. The van der Waals surface area contributed by atoms with Crippen LogP contribution in [0.25, 0.3) is 4.85 Å². The summed E-state index contributed by atoms with van der Waals surface area (Å²) in [5, 5.41) is 0.451. The highest BCUT2D eigenvalue weighted by Crippen LogP contribution is 2.47. The summed E-state index contributed by atoms with van der Waals surface area (Å²) in [6.07, 6.45) is 0. The summed E-state index contributed by atoms with van der Waals surface area (Å²) >= 11 is 0. The van der Waals surface area contributed by atoms with Gasteiger partial charge in [-0.05, 0) is 32.9 Å². The van der Waals surface area contributed by atoms with E-state index in [1.807, 2.05) is 6.92 Å². The Morgan fingerprint density at radius 2 is 1.82 bits per heavy atom. The Morgan fingerprint density at radius 3 is 2.29 bits per heavy atom. The van der Waals surface area contributed by atoms with Gasteiger partial charge >= 0.3 is 7.60 Å². The van der Waals surface area contributed by atoms with E-state index in [0.29, 0.717) is 24.2 Å². The molecular formula is C12H16NO3P. The van der Waals surface area contributed by atoms with Crippen molar-refractivity contribution < 1.29 is 13.6 Å². The topological polar surface area (TPSA) is 39.9 Å². The van der Waals surface area contributed by atoms with Crippen LogP contribution < -0.4 is 5.30 Å².